The van der Waals surface area contributed by atoms with Crippen molar-refractivity contribution in [3.63, 3.8) is 0 Å². The van der Waals surface area contributed by atoms with Crippen LogP contribution < -0.4 is 5.32 Å². The van der Waals surface area contributed by atoms with Crippen LogP contribution in [0.4, 0.5) is 4.39 Å². The predicted octanol–water partition coefficient (Wildman–Crippen LogP) is 2.73. The van der Waals surface area contributed by atoms with Gasteiger partial charge in [0.2, 0.25) is 11.8 Å². The quantitative estimate of drug-likeness (QED) is 0.639. The number of ether oxygens (including phenoxy) is 1. The molecule has 0 saturated carbocycles. The SMILES string of the molecule is CCOC(=O)C1=C(C)N(CC(=O)NCCc2ccccn2)C(=O)CC1c1cccc(F)c1. The third kappa shape index (κ3) is 5.57. The minimum atomic E-state index is -0.638. The molecule has 1 atom stereocenters. The first-order chi connectivity index (χ1) is 15.4. The highest BCUT2D eigenvalue weighted by molar-refractivity contribution is 5.97. The summed E-state index contributed by atoms with van der Waals surface area (Å²) in [5, 5.41) is 2.78. The zero-order chi connectivity index (χ0) is 23.1. The van der Waals surface area contributed by atoms with Crippen molar-refractivity contribution in [3.8, 4) is 0 Å². The summed E-state index contributed by atoms with van der Waals surface area (Å²) in [7, 11) is 0. The van der Waals surface area contributed by atoms with Crippen LogP contribution in [0, 0.1) is 5.82 Å². The van der Waals surface area contributed by atoms with Gasteiger partial charge in [-0.1, -0.05) is 18.2 Å². The van der Waals surface area contributed by atoms with E-state index >= 15 is 0 Å². The van der Waals surface area contributed by atoms with Gasteiger partial charge in [-0.2, -0.15) is 0 Å². The molecule has 7 nitrogen and oxygen atoms in total. The molecule has 0 spiro atoms. The molecule has 1 aromatic carbocycles. The van der Waals surface area contributed by atoms with Crippen molar-refractivity contribution in [3.05, 3.63) is 77.0 Å². The minimum absolute atomic E-state index is 0.0594. The third-order valence-electron chi connectivity index (χ3n) is 5.30. The summed E-state index contributed by atoms with van der Waals surface area (Å²) in [5.41, 5.74) is 1.97. The van der Waals surface area contributed by atoms with E-state index in [0.29, 0.717) is 24.2 Å². The maximum atomic E-state index is 13.8. The molecule has 32 heavy (non-hydrogen) atoms. The number of pyridine rings is 1. The number of nitrogens with one attached hydrogen (secondary N) is 1. The lowest BCUT2D eigenvalue weighted by Gasteiger charge is -2.34. The van der Waals surface area contributed by atoms with E-state index in [4.69, 9.17) is 4.74 Å². The van der Waals surface area contributed by atoms with E-state index in [1.54, 1.807) is 26.1 Å². The predicted molar refractivity (Wildman–Crippen MR) is 116 cm³/mol. The van der Waals surface area contributed by atoms with Gasteiger partial charge in [-0.25, -0.2) is 9.18 Å². The average molecular weight is 439 g/mol. The van der Waals surface area contributed by atoms with E-state index in [1.807, 2.05) is 18.2 Å². The number of benzene rings is 1. The fraction of sp³-hybridized carbons (Fsp3) is 0.333. The molecule has 1 N–H and O–H groups in total. The van der Waals surface area contributed by atoms with Crippen LogP contribution in [0.15, 0.2) is 59.9 Å². The minimum Gasteiger partial charge on any atom is -0.463 e. The smallest absolute Gasteiger partial charge is 0.336 e. The lowest BCUT2D eigenvalue weighted by Crippen LogP contribution is -2.44. The van der Waals surface area contributed by atoms with Crippen molar-refractivity contribution < 1.29 is 23.5 Å². The Hall–Kier alpha value is -3.55. The molecule has 1 aliphatic heterocycles. The Bertz CT molecular complexity index is 1020. The van der Waals surface area contributed by atoms with Gasteiger partial charge < -0.3 is 15.0 Å². The average Bonchev–Trinajstić information content (AvgIpc) is 2.77. The molecule has 0 radical (unpaired) electrons. The summed E-state index contributed by atoms with van der Waals surface area (Å²) in [6.45, 7) is 3.61. The Kier molecular flexibility index (Phi) is 7.70. The van der Waals surface area contributed by atoms with E-state index in [2.05, 4.69) is 10.3 Å². The highest BCUT2D eigenvalue weighted by atomic mass is 19.1. The van der Waals surface area contributed by atoms with Gasteiger partial charge in [0.1, 0.15) is 12.4 Å². The van der Waals surface area contributed by atoms with E-state index < -0.39 is 17.7 Å². The summed E-state index contributed by atoms with van der Waals surface area (Å²) >= 11 is 0. The summed E-state index contributed by atoms with van der Waals surface area (Å²) < 4.78 is 19.0. The van der Waals surface area contributed by atoms with Gasteiger partial charge in [-0.15, -0.1) is 0 Å². The van der Waals surface area contributed by atoms with E-state index in [-0.39, 0.29) is 37.0 Å². The first-order valence-corrected chi connectivity index (χ1v) is 10.5. The number of carbonyl (C=O) groups excluding carboxylic acids is 3. The van der Waals surface area contributed by atoms with Gasteiger partial charge in [0, 0.05) is 42.9 Å². The topological polar surface area (TPSA) is 88.6 Å². The molecule has 8 heteroatoms. The molecule has 0 saturated heterocycles. The third-order valence-corrected chi connectivity index (χ3v) is 5.30. The van der Waals surface area contributed by atoms with E-state index in [0.717, 1.165) is 5.69 Å². The lowest BCUT2D eigenvalue weighted by atomic mass is 9.83. The molecule has 0 fully saturated rings. The molecule has 1 aliphatic rings. The van der Waals surface area contributed by atoms with Crippen LogP contribution in [0.2, 0.25) is 0 Å². The summed E-state index contributed by atoms with van der Waals surface area (Å²) in [6.07, 6.45) is 2.19. The number of nitrogens with zero attached hydrogens (tertiary/aromatic N) is 2. The van der Waals surface area contributed by atoms with Crippen molar-refractivity contribution in [2.75, 3.05) is 19.7 Å². The molecule has 168 valence electrons. The van der Waals surface area contributed by atoms with Crippen molar-refractivity contribution in [2.24, 2.45) is 0 Å². The Labute approximate surface area is 186 Å². The Balaban J connectivity index is 1.77. The van der Waals surface area contributed by atoms with Crippen molar-refractivity contribution >= 4 is 17.8 Å². The maximum absolute atomic E-state index is 13.8. The number of aromatic nitrogens is 1. The molecular formula is C24H26FN3O4. The van der Waals surface area contributed by atoms with Crippen molar-refractivity contribution in [2.45, 2.75) is 32.6 Å². The van der Waals surface area contributed by atoms with Crippen molar-refractivity contribution in [1.29, 1.82) is 0 Å². The summed E-state index contributed by atoms with van der Waals surface area (Å²) in [6, 6.07) is 11.4. The second-order valence-electron chi connectivity index (χ2n) is 7.43. The van der Waals surface area contributed by atoms with E-state index in [9.17, 15) is 18.8 Å². The summed E-state index contributed by atoms with van der Waals surface area (Å²) in [4.78, 5) is 43.6. The molecule has 3 rings (SSSR count). The first kappa shape index (κ1) is 23.1. The fourth-order valence-corrected chi connectivity index (χ4v) is 3.76. The van der Waals surface area contributed by atoms with Gasteiger partial charge >= 0.3 is 5.97 Å². The number of amides is 2. The number of halogens is 1. The molecule has 2 heterocycles. The number of hydrogen-bond acceptors (Lipinski definition) is 5. The van der Waals surface area contributed by atoms with Crippen LogP contribution in [0.25, 0.3) is 0 Å². The molecule has 1 aromatic heterocycles. The van der Waals surface area contributed by atoms with Crippen LogP contribution in [0.1, 0.15) is 37.4 Å². The van der Waals surface area contributed by atoms with Crippen LogP contribution in [0.5, 0.6) is 0 Å². The standard InChI is InChI=1S/C24H26FN3O4/c1-3-32-24(31)23-16(2)28(15-21(29)27-12-10-19-9-4-5-11-26-19)22(30)14-20(23)17-7-6-8-18(25)13-17/h4-9,11,13,20H,3,10,12,14-15H2,1-2H3,(H,27,29). The van der Waals surface area contributed by atoms with Gasteiger partial charge in [0.25, 0.3) is 0 Å². The zero-order valence-corrected chi connectivity index (χ0v) is 18.1. The Morgan fingerprint density at radius 3 is 2.75 bits per heavy atom. The normalized spacial score (nSPS) is 16.2. The molecule has 0 aliphatic carbocycles. The van der Waals surface area contributed by atoms with Gasteiger partial charge in [-0.05, 0) is 43.7 Å². The largest absolute Gasteiger partial charge is 0.463 e. The fourth-order valence-electron chi connectivity index (χ4n) is 3.76. The van der Waals surface area contributed by atoms with Gasteiger partial charge in [0.15, 0.2) is 0 Å². The first-order valence-electron chi connectivity index (χ1n) is 10.5. The number of allylic oxidation sites excluding steroid dienone is 1. The second kappa shape index (κ2) is 10.7. The molecule has 2 amide bonds. The van der Waals surface area contributed by atoms with Gasteiger partial charge in [0.05, 0.1) is 12.2 Å². The Morgan fingerprint density at radius 2 is 2.06 bits per heavy atom. The summed E-state index contributed by atoms with van der Waals surface area (Å²) in [5.74, 6) is -2.33. The monoisotopic (exact) mass is 439 g/mol. The molecule has 0 bridgehead atoms. The number of rotatable bonds is 8. The van der Waals surface area contributed by atoms with Crippen molar-refractivity contribution in [1.82, 2.24) is 15.2 Å². The molecule has 1 unspecified atom stereocenters. The van der Waals surface area contributed by atoms with Crippen LogP contribution in [-0.4, -0.2) is 47.4 Å². The Morgan fingerprint density at radius 1 is 1.25 bits per heavy atom. The van der Waals surface area contributed by atoms with Gasteiger partial charge in [-0.3, -0.25) is 14.6 Å². The highest BCUT2D eigenvalue weighted by Gasteiger charge is 2.37. The highest BCUT2D eigenvalue weighted by Crippen LogP contribution is 2.37. The van der Waals surface area contributed by atoms with Crippen LogP contribution in [0.3, 0.4) is 0 Å². The van der Waals surface area contributed by atoms with E-state index in [1.165, 1.54) is 23.1 Å². The molecular weight excluding hydrogens is 413 g/mol. The van der Waals surface area contributed by atoms with Crippen LogP contribution >= 0.6 is 0 Å². The zero-order valence-electron chi connectivity index (χ0n) is 18.1. The molecule has 2 aromatic rings. The number of esters is 1. The number of hydrogen-bond donors (Lipinski definition) is 1. The van der Waals surface area contributed by atoms with Crippen LogP contribution in [-0.2, 0) is 25.5 Å². The maximum Gasteiger partial charge on any atom is 0.336 e. The second-order valence-corrected chi connectivity index (χ2v) is 7.43. The lowest BCUT2D eigenvalue weighted by molar-refractivity contribution is -0.141. The number of carbonyl (C=O) groups is 3.